The average molecular weight is 184 g/mol. The first-order valence-corrected chi connectivity index (χ1v) is 3.69. The number of rotatable bonds is 4. The Morgan fingerprint density at radius 3 is 2.25 bits per heavy atom. The fraction of sp³-hybridized carbons (Fsp3) is 0.857. The van der Waals surface area contributed by atoms with Gasteiger partial charge in [0.1, 0.15) is 0 Å². The molecule has 0 heterocycles. The largest absolute Gasteiger partial charge is 0.481 e. The molecule has 0 aliphatic rings. The third-order valence-corrected chi connectivity index (χ3v) is 1.54. The molecule has 1 atom stereocenters. The van der Waals surface area contributed by atoms with Crippen LogP contribution in [0, 0.1) is 5.92 Å². The van der Waals surface area contributed by atoms with Crippen LogP contribution in [0.5, 0.6) is 0 Å². The maximum atomic E-state index is 11.9. The minimum Gasteiger partial charge on any atom is -0.481 e. The molecule has 0 radical (unpaired) electrons. The number of halogens is 3. The number of alkyl halides is 3. The fourth-order valence-electron chi connectivity index (χ4n) is 0.835. The van der Waals surface area contributed by atoms with E-state index in [1.54, 1.807) is 6.92 Å². The van der Waals surface area contributed by atoms with Gasteiger partial charge in [-0.25, -0.2) is 0 Å². The molecule has 72 valence electrons. The van der Waals surface area contributed by atoms with Gasteiger partial charge >= 0.3 is 12.1 Å². The molecule has 0 fully saturated rings. The fourth-order valence-corrected chi connectivity index (χ4v) is 0.835. The Balaban J connectivity index is 4.15. The normalized spacial score (nSPS) is 14.3. The summed E-state index contributed by atoms with van der Waals surface area (Å²) >= 11 is 0. The highest BCUT2D eigenvalue weighted by atomic mass is 19.4. The van der Waals surface area contributed by atoms with E-state index < -0.39 is 18.1 Å². The molecular weight excluding hydrogens is 173 g/mol. The zero-order chi connectivity index (χ0) is 9.78. The van der Waals surface area contributed by atoms with Crippen LogP contribution in [0.3, 0.4) is 0 Å². The number of unbranched alkanes of at least 4 members (excludes halogenated alkanes) is 1. The lowest BCUT2D eigenvalue weighted by molar-refractivity contribution is -0.194. The van der Waals surface area contributed by atoms with Crippen molar-refractivity contribution in [1.82, 2.24) is 0 Å². The van der Waals surface area contributed by atoms with Crippen LogP contribution in [0.2, 0.25) is 0 Å². The molecule has 1 N–H and O–H groups in total. The van der Waals surface area contributed by atoms with Crippen molar-refractivity contribution in [3.05, 3.63) is 0 Å². The molecule has 2 nitrogen and oxygen atoms in total. The highest BCUT2D eigenvalue weighted by molar-refractivity contribution is 5.70. The second-order valence-corrected chi connectivity index (χ2v) is 2.57. The average Bonchev–Trinajstić information content (AvgIpc) is 1.84. The Bertz CT molecular complexity index is 153. The van der Waals surface area contributed by atoms with Gasteiger partial charge in [0, 0.05) is 0 Å². The van der Waals surface area contributed by atoms with Gasteiger partial charge in [0.05, 0.1) is 0 Å². The van der Waals surface area contributed by atoms with E-state index in [4.69, 9.17) is 5.11 Å². The second-order valence-electron chi connectivity index (χ2n) is 2.57. The van der Waals surface area contributed by atoms with Crippen molar-refractivity contribution in [2.45, 2.75) is 32.4 Å². The summed E-state index contributed by atoms with van der Waals surface area (Å²) in [6.45, 7) is 1.72. The number of hydrogen-bond acceptors (Lipinski definition) is 1. The Kier molecular flexibility index (Phi) is 4.06. The molecule has 0 aliphatic heterocycles. The quantitative estimate of drug-likeness (QED) is 0.728. The Hall–Kier alpha value is -0.740. The van der Waals surface area contributed by atoms with E-state index in [1.807, 2.05) is 0 Å². The van der Waals surface area contributed by atoms with Crippen molar-refractivity contribution in [3.8, 4) is 0 Å². The summed E-state index contributed by atoms with van der Waals surface area (Å²) in [6, 6.07) is 0. The standard InChI is InChI=1S/C7H11F3O2/c1-2-3-4-5(6(11)12)7(8,9)10/h5H,2-4H2,1H3,(H,11,12). The lowest BCUT2D eigenvalue weighted by Crippen LogP contribution is -2.30. The Labute approximate surface area is 68.4 Å². The van der Waals surface area contributed by atoms with Crippen LogP contribution in [-0.4, -0.2) is 17.3 Å². The molecule has 0 aromatic rings. The number of carboxylic acids is 1. The highest BCUT2D eigenvalue weighted by Gasteiger charge is 2.44. The second kappa shape index (κ2) is 4.33. The van der Waals surface area contributed by atoms with Gasteiger partial charge in [0.2, 0.25) is 0 Å². The summed E-state index contributed by atoms with van der Waals surface area (Å²) < 4.78 is 35.7. The Morgan fingerprint density at radius 1 is 1.50 bits per heavy atom. The van der Waals surface area contributed by atoms with Crippen molar-refractivity contribution in [2.24, 2.45) is 5.92 Å². The Morgan fingerprint density at radius 2 is 2.00 bits per heavy atom. The van der Waals surface area contributed by atoms with Crippen LogP contribution in [0.1, 0.15) is 26.2 Å². The predicted molar refractivity (Wildman–Crippen MR) is 36.7 cm³/mol. The third kappa shape index (κ3) is 3.59. The summed E-state index contributed by atoms with van der Waals surface area (Å²) in [4.78, 5) is 10.1. The van der Waals surface area contributed by atoms with Crippen LogP contribution >= 0.6 is 0 Å². The van der Waals surface area contributed by atoms with E-state index in [0.29, 0.717) is 6.42 Å². The minimum atomic E-state index is -4.61. The van der Waals surface area contributed by atoms with Gasteiger partial charge in [-0.05, 0) is 6.42 Å². The summed E-state index contributed by atoms with van der Waals surface area (Å²) in [7, 11) is 0. The van der Waals surface area contributed by atoms with Crippen molar-refractivity contribution < 1.29 is 23.1 Å². The number of aliphatic carboxylic acids is 1. The molecule has 0 aromatic heterocycles. The van der Waals surface area contributed by atoms with E-state index in [1.165, 1.54) is 0 Å². The molecule has 0 aliphatic carbocycles. The summed E-state index contributed by atoms with van der Waals surface area (Å²) in [5, 5.41) is 8.22. The number of carboxylic acid groups (broad SMARTS) is 1. The molecule has 0 saturated heterocycles. The van der Waals surface area contributed by atoms with Crippen LogP contribution < -0.4 is 0 Å². The maximum Gasteiger partial charge on any atom is 0.402 e. The van der Waals surface area contributed by atoms with Crippen LogP contribution in [0.4, 0.5) is 13.2 Å². The first kappa shape index (κ1) is 11.3. The smallest absolute Gasteiger partial charge is 0.402 e. The highest BCUT2D eigenvalue weighted by Crippen LogP contribution is 2.30. The molecular formula is C7H11F3O2. The van der Waals surface area contributed by atoms with Gasteiger partial charge in [-0.3, -0.25) is 4.79 Å². The van der Waals surface area contributed by atoms with Crippen molar-refractivity contribution in [3.63, 3.8) is 0 Å². The number of carbonyl (C=O) groups is 1. The zero-order valence-electron chi connectivity index (χ0n) is 6.69. The molecule has 1 unspecified atom stereocenters. The van der Waals surface area contributed by atoms with Gasteiger partial charge in [-0.1, -0.05) is 19.8 Å². The van der Waals surface area contributed by atoms with Gasteiger partial charge in [0.25, 0.3) is 0 Å². The van der Waals surface area contributed by atoms with E-state index in [0.717, 1.165) is 0 Å². The van der Waals surface area contributed by atoms with Gasteiger partial charge in [-0.2, -0.15) is 13.2 Å². The zero-order valence-corrected chi connectivity index (χ0v) is 6.69. The molecule has 0 bridgehead atoms. The van der Waals surface area contributed by atoms with Crippen molar-refractivity contribution in [1.29, 1.82) is 0 Å². The van der Waals surface area contributed by atoms with Crippen LogP contribution in [0.25, 0.3) is 0 Å². The summed E-state index contributed by atoms with van der Waals surface area (Å²) in [6.07, 6.45) is -4.08. The third-order valence-electron chi connectivity index (χ3n) is 1.54. The monoisotopic (exact) mass is 184 g/mol. The molecule has 0 spiro atoms. The first-order chi connectivity index (χ1) is 5.39. The predicted octanol–water partition coefficient (Wildman–Crippen LogP) is 2.44. The first-order valence-electron chi connectivity index (χ1n) is 3.69. The lowest BCUT2D eigenvalue weighted by atomic mass is 10.0. The van der Waals surface area contributed by atoms with E-state index in [-0.39, 0.29) is 12.8 Å². The summed E-state index contributed by atoms with van der Waals surface area (Å²) in [5.41, 5.74) is 0. The van der Waals surface area contributed by atoms with E-state index in [9.17, 15) is 18.0 Å². The van der Waals surface area contributed by atoms with E-state index in [2.05, 4.69) is 0 Å². The molecule has 12 heavy (non-hydrogen) atoms. The van der Waals surface area contributed by atoms with Gasteiger partial charge in [-0.15, -0.1) is 0 Å². The molecule has 0 saturated carbocycles. The van der Waals surface area contributed by atoms with Crippen molar-refractivity contribution >= 4 is 5.97 Å². The van der Waals surface area contributed by atoms with Crippen molar-refractivity contribution in [2.75, 3.05) is 0 Å². The molecule has 5 heteroatoms. The molecule has 0 aromatic carbocycles. The summed E-state index contributed by atoms with van der Waals surface area (Å²) in [5.74, 6) is -3.98. The lowest BCUT2D eigenvalue weighted by Gasteiger charge is -2.14. The minimum absolute atomic E-state index is 0.288. The van der Waals surface area contributed by atoms with Crippen LogP contribution in [-0.2, 0) is 4.79 Å². The topological polar surface area (TPSA) is 37.3 Å². The van der Waals surface area contributed by atoms with Gasteiger partial charge < -0.3 is 5.11 Å². The maximum absolute atomic E-state index is 11.9. The SMILES string of the molecule is CCCCC(C(=O)O)C(F)(F)F. The number of hydrogen-bond donors (Lipinski definition) is 1. The molecule has 0 rings (SSSR count). The van der Waals surface area contributed by atoms with Crippen LogP contribution in [0.15, 0.2) is 0 Å². The molecule has 0 amide bonds. The van der Waals surface area contributed by atoms with E-state index >= 15 is 0 Å². The van der Waals surface area contributed by atoms with Gasteiger partial charge in [0.15, 0.2) is 5.92 Å².